The van der Waals surface area contributed by atoms with Crippen molar-refractivity contribution in [1.29, 1.82) is 0 Å². The first-order chi connectivity index (χ1) is 5.14. The zero-order chi connectivity index (χ0) is 8.32. The number of hydrogen-bond acceptors (Lipinski definition) is 2. The van der Waals surface area contributed by atoms with E-state index in [1.165, 1.54) is 0 Å². The second-order valence-corrected chi connectivity index (χ2v) is 3.00. The fourth-order valence-corrected chi connectivity index (χ4v) is 1.34. The molecule has 1 saturated heterocycles. The van der Waals surface area contributed by atoms with Crippen molar-refractivity contribution in [3.05, 3.63) is 0 Å². The first-order valence-electron chi connectivity index (χ1n) is 3.86. The molecule has 0 aromatic heterocycles. The Kier molecular flexibility index (Phi) is 2.78. The number of aliphatic hydroxyl groups is 1. The van der Waals surface area contributed by atoms with Crippen LogP contribution in [0.15, 0.2) is 0 Å². The molecule has 1 unspecified atom stereocenters. The van der Waals surface area contributed by atoms with Crippen molar-refractivity contribution in [3.8, 4) is 0 Å². The van der Waals surface area contributed by atoms with Gasteiger partial charge in [-0.2, -0.15) is 0 Å². The average molecular weight is 165 g/mol. The summed E-state index contributed by atoms with van der Waals surface area (Å²) in [6.45, 7) is -0.118. The third-order valence-corrected chi connectivity index (χ3v) is 1.91. The van der Waals surface area contributed by atoms with E-state index in [0.29, 0.717) is 12.8 Å². The molecule has 1 heterocycles. The highest BCUT2D eigenvalue weighted by Crippen LogP contribution is 2.26. The van der Waals surface area contributed by atoms with Crippen molar-refractivity contribution in [3.63, 3.8) is 0 Å². The van der Waals surface area contributed by atoms with E-state index >= 15 is 0 Å². The lowest BCUT2D eigenvalue weighted by Gasteiger charge is -2.07. The monoisotopic (exact) mass is 165 g/mol. The minimum absolute atomic E-state index is 0.0764. The standard InChI is InChI=1S/C7H13F2NO/c8-7(9)4-6(10-5-7)2-1-3-11/h6,10-11H,1-5H2. The lowest BCUT2D eigenvalue weighted by molar-refractivity contribution is 0.0207. The Morgan fingerprint density at radius 2 is 2.27 bits per heavy atom. The highest BCUT2D eigenvalue weighted by atomic mass is 19.3. The zero-order valence-electron chi connectivity index (χ0n) is 6.32. The SMILES string of the molecule is OCCCC1CC(F)(F)CN1. The van der Waals surface area contributed by atoms with Gasteiger partial charge in [0, 0.05) is 19.1 Å². The quantitative estimate of drug-likeness (QED) is 0.647. The first-order valence-corrected chi connectivity index (χ1v) is 3.86. The Bertz CT molecular complexity index is 130. The topological polar surface area (TPSA) is 32.3 Å². The Balaban J connectivity index is 2.20. The molecule has 0 aromatic carbocycles. The predicted octanol–water partition coefficient (Wildman–Crippen LogP) is 0.756. The molecule has 0 bridgehead atoms. The number of rotatable bonds is 3. The van der Waals surface area contributed by atoms with Crippen molar-refractivity contribution in [2.45, 2.75) is 31.2 Å². The van der Waals surface area contributed by atoms with Gasteiger partial charge in [-0.05, 0) is 12.8 Å². The van der Waals surface area contributed by atoms with Crippen molar-refractivity contribution < 1.29 is 13.9 Å². The van der Waals surface area contributed by atoms with Gasteiger partial charge in [0.1, 0.15) is 0 Å². The van der Waals surface area contributed by atoms with E-state index in [4.69, 9.17) is 5.11 Å². The summed E-state index contributed by atoms with van der Waals surface area (Å²) in [6, 6.07) is -0.0999. The first kappa shape index (κ1) is 8.87. The lowest BCUT2D eigenvalue weighted by atomic mass is 10.1. The van der Waals surface area contributed by atoms with E-state index in [9.17, 15) is 8.78 Å². The average Bonchev–Trinajstić information content (AvgIpc) is 2.26. The smallest absolute Gasteiger partial charge is 0.261 e. The highest BCUT2D eigenvalue weighted by Gasteiger charge is 2.38. The normalized spacial score (nSPS) is 29.2. The van der Waals surface area contributed by atoms with Gasteiger partial charge >= 0.3 is 0 Å². The molecule has 0 aliphatic carbocycles. The lowest BCUT2D eigenvalue weighted by Crippen LogP contribution is -2.22. The third-order valence-electron chi connectivity index (χ3n) is 1.91. The molecule has 0 aromatic rings. The van der Waals surface area contributed by atoms with E-state index < -0.39 is 5.92 Å². The van der Waals surface area contributed by atoms with Gasteiger partial charge in [-0.1, -0.05) is 0 Å². The Hall–Kier alpha value is -0.220. The van der Waals surface area contributed by atoms with Crippen LogP contribution in [-0.4, -0.2) is 30.2 Å². The fourth-order valence-electron chi connectivity index (χ4n) is 1.34. The molecule has 0 saturated carbocycles. The Morgan fingerprint density at radius 3 is 2.73 bits per heavy atom. The summed E-state index contributed by atoms with van der Waals surface area (Å²) in [5, 5.41) is 11.2. The second kappa shape index (κ2) is 3.45. The number of hydrogen-bond donors (Lipinski definition) is 2. The maximum Gasteiger partial charge on any atom is 0.261 e. The maximum absolute atomic E-state index is 12.5. The van der Waals surface area contributed by atoms with Crippen LogP contribution in [0.4, 0.5) is 8.78 Å². The predicted molar refractivity (Wildman–Crippen MR) is 37.7 cm³/mol. The molecular formula is C7H13F2NO. The van der Waals surface area contributed by atoms with Gasteiger partial charge in [0.15, 0.2) is 0 Å². The molecule has 2 N–H and O–H groups in total. The van der Waals surface area contributed by atoms with Crippen molar-refractivity contribution in [2.75, 3.05) is 13.2 Å². The molecule has 11 heavy (non-hydrogen) atoms. The van der Waals surface area contributed by atoms with Crippen LogP contribution in [0.2, 0.25) is 0 Å². The van der Waals surface area contributed by atoms with Gasteiger partial charge in [0.2, 0.25) is 0 Å². The maximum atomic E-state index is 12.5. The molecule has 1 aliphatic rings. The summed E-state index contributed by atoms with van der Waals surface area (Å²) in [4.78, 5) is 0. The number of nitrogens with one attached hydrogen (secondary N) is 1. The summed E-state index contributed by atoms with van der Waals surface area (Å²) < 4.78 is 25.0. The molecule has 0 spiro atoms. The minimum atomic E-state index is -2.53. The molecule has 66 valence electrons. The van der Waals surface area contributed by atoms with Crippen LogP contribution in [0.3, 0.4) is 0 Å². The molecule has 1 aliphatic heterocycles. The second-order valence-electron chi connectivity index (χ2n) is 3.00. The molecule has 0 amide bonds. The molecular weight excluding hydrogens is 152 g/mol. The van der Waals surface area contributed by atoms with E-state index in [2.05, 4.69) is 5.32 Å². The van der Waals surface area contributed by atoms with Gasteiger partial charge in [0.05, 0.1) is 6.54 Å². The van der Waals surface area contributed by atoms with Crippen LogP contribution in [0, 0.1) is 0 Å². The molecule has 2 nitrogen and oxygen atoms in total. The molecule has 1 fully saturated rings. The van der Waals surface area contributed by atoms with Crippen molar-refractivity contribution >= 4 is 0 Å². The molecule has 1 rings (SSSR count). The number of aliphatic hydroxyl groups excluding tert-OH is 1. The van der Waals surface area contributed by atoms with Gasteiger partial charge in [-0.25, -0.2) is 8.78 Å². The van der Waals surface area contributed by atoms with Crippen LogP contribution in [0.5, 0.6) is 0 Å². The van der Waals surface area contributed by atoms with Gasteiger partial charge in [-0.15, -0.1) is 0 Å². The number of halogens is 2. The Morgan fingerprint density at radius 1 is 1.55 bits per heavy atom. The summed E-state index contributed by atoms with van der Waals surface area (Å²) in [5.74, 6) is -2.53. The highest BCUT2D eigenvalue weighted by molar-refractivity contribution is 4.86. The zero-order valence-corrected chi connectivity index (χ0v) is 6.32. The molecule has 0 radical (unpaired) electrons. The fraction of sp³-hybridized carbons (Fsp3) is 1.00. The largest absolute Gasteiger partial charge is 0.396 e. The van der Waals surface area contributed by atoms with Crippen LogP contribution >= 0.6 is 0 Å². The summed E-state index contributed by atoms with van der Waals surface area (Å²) in [6.07, 6.45) is 1.17. The van der Waals surface area contributed by atoms with Crippen LogP contribution in [-0.2, 0) is 0 Å². The summed E-state index contributed by atoms with van der Waals surface area (Å²) >= 11 is 0. The van der Waals surface area contributed by atoms with E-state index in [-0.39, 0.29) is 25.6 Å². The van der Waals surface area contributed by atoms with Gasteiger partial charge in [0.25, 0.3) is 5.92 Å². The Labute approximate surface area is 64.6 Å². The van der Waals surface area contributed by atoms with Crippen LogP contribution in [0.1, 0.15) is 19.3 Å². The van der Waals surface area contributed by atoms with Gasteiger partial charge in [-0.3, -0.25) is 0 Å². The van der Waals surface area contributed by atoms with Crippen LogP contribution in [0.25, 0.3) is 0 Å². The molecule has 1 atom stereocenters. The van der Waals surface area contributed by atoms with E-state index in [1.54, 1.807) is 0 Å². The third kappa shape index (κ3) is 2.71. The molecule has 4 heteroatoms. The van der Waals surface area contributed by atoms with Crippen molar-refractivity contribution in [1.82, 2.24) is 5.32 Å². The number of alkyl halides is 2. The van der Waals surface area contributed by atoms with Crippen molar-refractivity contribution in [2.24, 2.45) is 0 Å². The van der Waals surface area contributed by atoms with Gasteiger partial charge < -0.3 is 10.4 Å². The van der Waals surface area contributed by atoms with E-state index in [1.807, 2.05) is 0 Å². The summed E-state index contributed by atoms with van der Waals surface area (Å²) in [5.41, 5.74) is 0. The minimum Gasteiger partial charge on any atom is -0.396 e. The summed E-state index contributed by atoms with van der Waals surface area (Å²) in [7, 11) is 0. The van der Waals surface area contributed by atoms with E-state index in [0.717, 1.165) is 0 Å². The van der Waals surface area contributed by atoms with Crippen LogP contribution < -0.4 is 5.32 Å².